The van der Waals surface area contributed by atoms with Crippen LogP contribution in [0.3, 0.4) is 0 Å². The van der Waals surface area contributed by atoms with E-state index in [2.05, 4.69) is 29.0 Å². The van der Waals surface area contributed by atoms with E-state index in [-0.39, 0.29) is 23.5 Å². The number of carboxylic acid groups (broad SMARTS) is 1. The van der Waals surface area contributed by atoms with Crippen molar-refractivity contribution >= 4 is 57.6 Å². The Balaban J connectivity index is 1.88. The lowest BCUT2D eigenvalue weighted by atomic mass is 9.82. The summed E-state index contributed by atoms with van der Waals surface area (Å²) >= 11 is 2.53. The smallest absolute Gasteiger partial charge is 0.352 e. The average molecular weight is 552 g/mol. The van der Waals surface area contributed by atoms with Gasteiger partial charge in [-0.25, -0.2) is 9.78 Å². The standard InChI is InChI=1S/C24H33N5O6S2/c1-6-7-24(3,12-28(4)5)8-15(16-11-37-23(25)26-16)19(31)27-17-20(32)29-18(22(33)34)14(9-35-13(2)30)10-36-21(17)29/h8,11,17,21H,6-7,9-10,12H2,1-5H3,(H2,25,26)(H,27,31)(H,33,34)/t17?,21-,24?/m1/s1. The van der Waals surface area contributed by atoms with Crippen molar-refractivity contribution in [2.75, 3.05) is 38.7 Å². The van der Waals surface area contributed by atoms with Crippen LogP contribution >= 0.6 is 23.1 Å². The Morgan fingerprint density at radius 2 is 2.11 bits per heavy atom. The minimum absolute atomic E-state index is 0.204. The molecule has 2 amide bonds. The first-order valence-corrected chi connectivity index (χ1v) is 13.7. The highest BCUT2D eigenvalue weighted by molar-refractivity contribution is 8.00. The van der Waals surface area contributed by atoms with Crippen molar-refractivity contribution in [2.45, 2.75) is 45.0 Å². The number of nitrogens with one attached hydrogen (secondary N) is 1. The summed E-state index contributed by atoms with van der Waals surface area (Å²) in [4.78, 5) is 57.3. The van der Waals surface area contributed by atoms with Gasteiger partial charge in [0.05, 0.1) is 11.3 Å². The summed E-state index contributed by atoms with van der Waals surface area (Å²) in [6, 6.07) is -0.909. The number of thiazole rings is 1. The van der Waals surface area contributed by atoms with Crippen molar-refractivity contribution in [2.24, 2.45) is 5.41 Å². The van der Waals surface area contributed by atoms with Gasteiger partial charge < -0.3 is 25.8 Å². The zero-order valence-electron chi connectivity index (χ0n) is 21.6. The number of nitrogen functional groups attached to an aromatic ring is 1. The summed E-state index contributed by atoms with van der Waals surface area (Å²) in [5.74, 6) is -2.60. The third-order valence-electron chi connectivity index (χ3n) is 6.02. The molecule has 2 aliphatic rings. The van der Waals surface area contributed by atoms with Crippen LogP contribution < -0.4 is 11.1 Å². The van der Waals surface area contributed by atoms with Gasteiger partial charge in [0.1, 0.15) is 23.7 Å². The molecule has 3 rings (SSSR count). The van der Waals surface area contributed by atoms with Crippen LogP contribution in [-0.2, 0) is 23.9 Å². The molecule has 2 aliphatic heterocycles. The van der Waals surface area contributed by atoms with E-state index in [4.69, 9.17) is 10.5 Å². The van der Waals surface area contributed by atoms with Crippen LogP contribution in [0.1, 0.15) is 39.3 Å². The van der Waals surface area contributed by atoms with Gasteiger partial charge in [-0.05, 0) is 25.9 Å². The van der Waals surface area contributed by atoms with Gasteiger partial charge in [-0.2, -0.15) is 0 Å². The molecular formula is C24H33N5O6S2. The van der Waals surface area contributed by atoms with Crippen LogP contribution in [0.2, 0.25) is 0 Å². The number of thioether (sulfide) groups is 1. The van der Waals surface area contributed by atoms with Crippen LogP contribution in [0, 0.1) is 5.41 Å². The maximum atomic E-state index is 13.6. The molecule has 0 aliphatic carbocycles. The number of anilines is 1. The maximum absolute atomic E-state index is 13.6. The summed E-state index contributed by atoms with van der Waals surface area (Å²) in [5, 5.41) is 14.0. The normalized spacial score (nSPS) is 21.3. The first-order valence-electron chi connectivity index (χ1n) is 11.8. The molecule has 13 heteroatoms. The number of hydrogen-bond donors (Lipinski definition) is 3. The van der Waals surface area contributed by atoms with E-state index >= 15 is 0 Å². The Morgan fingerprint density at radius 1 is 1.41 bits per heavy atom. The average Bonchev–Trinajstić information content (AvgIpc) is 3.24. The summed E-state index contributed by atoms with van der Waals surface area (Å²) in [6.45, 7) is 5.86. The lowest BCUT2D eigenvalue weighted by Crippen LogP contribution is -2.70. The van der Waals surface area contributed by atoms with Gasteiger partial charge in [-0.3, -0.25) is 19.3 Å². The molecule has 4 N–H and O–H groups in total. The third-order valence-corrected chi connectivity index (χ3v) is 8.03. The zero-order chi connectivity index (χ0) is 27.5. The molecule has 0 spiro atoms. The molecule has 1 aromatic rings. The van der Waals surface area contributed by atoms with Gasteiger partial charge in [-0.1, -0.05) is 26.3 Å². The Labute approximate surface area is 224 Å². The predicted molar refractivity (Wildman–Crippen MR) is 142 cm³/mol. The predicted octanol–water partition coefficient (Wildman–Crippen LogP) is 1.78. The number of nitrogens with two attached hydrogens (primary N) is 1. The number of carboxylic acids is 1. The van der Waals surface area contributed by atoms with Gasteiger partial charge in [0.15, 0.2) is 5.13 Å². The molecule has 3 atom stereocenters. The molecule has 3 heterocycles. The van der Waals surface area contributed by atoms with E-state index in [9.17, 15) is 24.3 Å². The Bertz CT molecular complexity index is 1150. The Morgan fingerprint density at radius 3 is 2.65 bits per heavy atom. The second-order valence-electron chi connectivity index (χ2n) is 9.67. The fourth-order valence-corrected chi connectivity index (χ4v) is 6.60. The van der Waals surface area contributed by atoms with Gasteiger partial charge in [-0.15, -0.1) is 23.1 Å². The highest BCUT2D eigenvalue weighted by atomic mass is 32.2. The van der Waals surface area contributed by atoms with Crippen molar-refractivity contribution in [3.63, 3.8) is 0 Å². The lowest BCUT2D eigenvalue weighted by Gasteiger charge is -2.49. The van der Waals surface area contributed by atoms with E-state index in [0.717, 1.165) is 17.7 Å². The number of nitrogens with zero attached hydrogens (tertiary/aromatic N) is 3. The van der Waals surface area contributed by atoms with Gasteiger partial charge >= 0.3 is 11.9 Å². The molecule has 0 bridgehead atoms. The second kappa shape index (κ2) is 11.7. The molecule has 0 saturated carbocycles. The summed E-state index contributed by atoms with van der Waals surface area (Å²) in [7, 11) is 3.93. The molecule has 37 heavy (non-hydrogen) atoms. The van der Waals surface area contributed by atoms with E-state index < -0.39 is 35.2 Å². The largest absolute Gasteiger partial charge is 0.477 e. The fourth-order valence-electron chi connectivity index (χ4n) is 4.71. The number of carbonyl (C=O) groups is 4. The summed E-state index contributed by atoms with van der Waals surface area (Å²) < 4.78 is 4.96. The first-order chi connectivity index (χ1) is 17.4. The van der Waals surface area contributed by atoms with Crippen LogP contribution in [0.25, 0.3) is 5.57 Å². The zero-order valence-corrected chi connectivity index (χ0v) is 23.2. The fraction of sp³-hybridized carbons (Fsp3) is 0.542. The van der Waals surface area contributed by atoms with Crippen LogP contribution in [-0.4, -0.2) is 88.1 Å². The lowest BCUT2D eigenvalue weighted by molar-refractivity contribution is -0.150. The minimum Gasteiger partial charge on any atom is -0.477 e. The number of fused-ring (bicyclic) bond motifs is 1. The van der Waals surface area contributed by atoms with E-state index in [1.54, 1.807) is 5.38 Å². The summed E-state index contributed by atoms with van der Waals surface area (Å²) in [5.41, 5.74) is 6.39. The number of aliphatic carboxylic acids is 1. The number of carbonyl (C=O) groups excluding carboxylic acids is 3. The minimum atomic E-state index is -1.29. The molecule has 0 radical (unpaired) electrons. The topological polar surface area (TPSA) is 155 Å². The van der Waals surface area contributed by atoms with Crippen molar-refractivity contribution in [1.82, 2.24) is 20.1 Å². The molecule has 1 fully saturated rings. The Hall–Kier alpha value is -2.90. The van der Waals surface area contributed by atoms with Crippen LogP contribution in [0.5, 0.6) is 0 Å². The van der Waals surface area contributed by atoms with Crippen molar-refractivity contribution in [3.8, 4) is 0 Å². The molecule has 1 aromatic heterocycles. The molecule has 1 saturated heterocycles. The quantitative estimate of drug-likeness (QED) is 0.210. The molecule has 202 valence electrons. The van der Waals surface area contributed by atoms with Crippen molar-refractivity contribution in [3.05, 3.63) is 28.4 Å². The number of esters is 1. The highest BCUT2D eigenvalue weighted by Crippen LogP contribution is 2.41. The molecule has 0 aromatic carbocycles. The number of rotatable bonds is 11. The van der Waals surface area contributed by atoms with Crippen molar-refractivity contribution < 1.29 is 29.0 Å². The SMILES string of the molecule is CCCC(C)(C=C(C(=O)NC1C(=O)N2C(C(=O)O)=C(COC(C)=O)CS[C@H]12)c1csc(N)n1)CN(C)C. The molecular weight excluding hydrogens is 518 g/mol. The van der Waals surface area contributed by atoms with Crippen molar-refractivity contribution in [1.29, 1.82) is 0 Å². The number of hydrogen-bond acceptors (Lipinski definition) is 10. The van der Waals surface area contributed by atoms with Gasteiger partial charge in [0.25, 0.3) is 11.8 Å². The monoisotopic (exact) mass is 551 g/mol. The van der Waals surface area contributed by atoms with Gasteiger partial charge in [0, 0.05) is 30.2 Å². The van der Waals surface area contributed by atoms with E-state index in [0.29, 0.717) is 28.5 Å². The second-order valence-corrected chi connectivity index (χ2v) is 11.7. The first kappa shape index (κ1) is 28.7. The number of amides is 2. The number of ether oxygens (including phenoxy) is 1. The van der Waals surface area contributed by atoms with Gasteiger partial charge in [0.2, 0.25) is 0 Å². The van der Waals surface area contributed by atoms with E-state index in [1.165, 1.54) is 30.0 Å². The number of β-lactam (4-membered cyclic amide) rings is 1. The van der Waals surface area contributed by atoms with Crippen LogP contribution in [0.4, 0.5) is 5.13 Å². The maximum Gasteiger partial charge on any atom is 0.352 e. The number of aromatic nitrogens is 1. The molecule has 2 unspecified atom stereocenters. The van der Waals surface area contributed by atoms with E-state index in [1.807, 2.05) is 20.2 Å². The summed E-state index contributed by atoms with van der Waals surface area (Å²) in [6.07, 6.45) is 3.63. The third kappa shape index (κ3) is 6.51. The highest BCUT2D eigenvalue weighted by Gasteiger charge is 2.54. The van der Waals surface area contributed by atoms with Crippen LogP contribution in [0.15, 0.2) is 22.7 Å². The Kier molecular flexibility index (Phi) is 9.03. The molecule has 11 nitrogen and oxygen atoms in total.